The van der Waals surface area contributed by atoms with Crippen LogP contribution in [0.15, 0.2) is 36.3 Å². The largest absolute Gasteiger partial charge is 0.488 e. The number of nitrogens with zero attached hydrogens (tertiary/aromatic N) is 2. The first kappa shape index (κ1) is 8.73. The molecule has 0 bridgehead atoms. The molecule has 0 aliphatic carbocycles. The molecule has 5 rings (SSSR count). The summed E-state index contributed by atoms with van der Waals surface area (Å²) in [5, 5.41) is 1.77. The van der Waals surface area contributed by atoms with Gasteiger partial charge >= 0.3 is 0 Å². The summed E-state index contributed by atoms with van der Waals surface area (Å²) in [6.07, 6.45) is -1.35. The van der Waals surface area contributed by atoms with E-state index < -0.39 is 157 Å². The number of hydrogen-bond donors (Lipinski definition) is 1. The summed E-state index contributed by atoms with van der Waals surface area (Å²) >= 11 is 0. The average molecular weight is 489 g/mol. The van der Waals surface area contributed by atoms with Crippen LogP contribution in [-0.2, 0) is 33.9 Å². The summed E-state index contributed by atoms with van der Waals surface area (Å²) in [6.45, 7) is -27.3. The zero-order chi connectivity index (χ0) is 42.4. The second-order valence-corrected chi connectivity index (χ2v) is 6.65. The van der Waals surface area contributed by atoms with Crippen LogP contribution in [0.3, 0.4) is 0 Å². The van der Waals surface area contributed by atoms with Crippen LogP contribution in [0.25, 0.3) is 0 Å². The van der Waals surface area contributed by atoms with Crippen LogP contribution in [-0.4, -0.2) is 59.7 Å². The number of ether oxygens (including phenoxy) is 2. The summed E-state index contributed by atoms with van der Waals surface area (Å²) in [7, 11) is 0. The fourth-order valence-electron chi connectivity index (χ4n) is 2.99. The molecule has 3 aliphatic rings. The summed E-state index contributed by atoms with van der Waals surface area (Å²) in [5.41, 5.74) is -5.83. The van der Waals surface area contributed by atoms with Crippen LogP contribution >= 0.6 is 0 Å². The number of halogens is 1. The lowest BCUT2D eigenvalue weighted by molar-refractivity contribution is -0.136. The molecule has 9 heteroatoms. The van der Waals surface area contributed by atoms with Crippen molar-refractivity contribution in [2.45, 2.75) is 38.4 Å². The molecule has 3 amide bonds. The molecule has 34 heavy (non-hydrogen) atoms. The summed E-state index contributed by atoms with van der Waals surface area (Å²) in [4.78, 5) is 37.4. The predicted molar refractivity (Wildman–Crippen MR) is 119 cm³/mol. The topological polar surface area (TPSA) is 88.2 Å². The lowest BCUT2D eigenvalue weighted by Gasteiger charge is -2.29. The lowest BCUT2D eigenvalue weighted by Crippen LogP contribution is -2.52. The number of nitrogens with one attached hydrogen (secondary N) is 1. The molecule has 0 radical (unpaired) electrons. The van der Waals surface area contributed by atoms with Gasteiger partial charge in [0.05, 0.1) is 40.2 Å². The summed E-state index contributed by atoms with van der Waals surface area (Å²) in [5.74, 6) is -7.66. The zero-order valence-corrected chi connectivity index (χ0v) is 16.7. The standard InChI is InChI=1S/C25H26FN3O5/c26-20-12-16(13-28-8-10-33-11-9-28)4-5-17(20)15-34-22-3-1-2-18-19(22)14-29(25(18)32)21-6-7-23(30)27-24(21)31/h1-5,12,21H,6-11,13-15H2,(H,27,30,31)/t21-/m1/s1/i1D,2D,3D,4D,5D,8D2,9D2,10D2,11D2,12D,13D2,14D2,15D2,21D. The molecule has 3 heterocycles. The Kier molecular flexibility index (Phi) is 2.44. The molecule has 0 spiro atoms. The second kappa shape index (κ2) is 9.52. The Bertz CT molecular complexity index is 2030. The number of fused-ring (bicyclic) bond motifs is 1. The van der Waals surface area contributed by atoms with Crippen molar-refractivity contribution in [3.63, 3.8) is 0 Å². The van der Waals surface area contributed by atoms with E-state index in [2.05, 4.69) is 4.74 Å². The Morgan fingerprint density at radius 3 is 2.88 bits per heavy atom. The number of piperidine rings is 1. The Labute approximate surface area is 226 Å². The quantitative estimate of drug-likeness (QED) is 0.626. The summed E-state index contributed by atoms with van der Waals surface area (Å²) < 4.78 is 200. The van der Waals surface area contributed by atoms with Gasteiger partial charge in [0.1, 0.15) is 24.1 Å². The van der Waals surface area contributed by atoms with Crippen molar-refractivity contribution in [1.29, 1.82) is 0 Å². The van der Waals surface area contributed by atoms with Gasteiger partial charge in [-0.25, -0.2) is 4.39 Å². The fraction of sp³-hybridized carbons (Fsp3) is 0.400. The van der Waals surface area contributed by atoms with Crippen molar-refractivity contribution in [3.8, 4) is 5.75 Å². The third kappa shape index (κ3) is 4.53. The van der Waals surface area contributed by atoms with E-state index in [1.807, 2.05) is 0 Å². The Morgan fingerprint density at radius 2 is 2.09 bits per heavy atom. The number of benzene rings is 2. The number of morpholine rings is 1. The molecule has 1 atom stereocenters. The minimum atomic E-state index is -4.12. The molecule has 8 nitrogen and oxygen atoms in total. The molecule has 2 aromatic carbocycles. The molecule has 2 saturated heterocycles. The monoisotopic (exact) mass is 488 g/mol. The maximum Gasteiger partial charge on any atom is 0.255 e. The third-order valence-electron chi connectivity index (χ3n) is 4.52. The van der Waals surface area contributed by atoms with Gasteiger partial charge in [0.15, 0.2) is 0 Å². The molecule has 1 N–H and O–H groups in total. The van der Waals surface area contributed by atoms with Gasteiger partial charge in [-0.05, 0) is 30.1 Å². The van der Waals surface area contributed by atoms with Crippen molar-refractivity contribution >= 4 is 17.7 Å². The Hall–Kier alpha value is -3.30. The number of amides is 3. The Morgan fingerprint density at radius 1 is 1.26 bits per heavy atom. The first-order valence-corrected chi connectivity index (χ1v) is 9.42. The number of carbonyl (C=O) groups excluding carboxylic acids is 3. The number of imide groups is 1. The highest BCUT2D eigenvalue weighted by Gasteiger charge is 2.40. The van der Waals surface area contributed by atoms with Crippen molar-refractivity contribution in [2.75, 3.05) is 26.1 Å². The highest BCUT2D eigenvalue weighted by Crippen LogP contribution is 2.34. The Balaban J connectivity index is 1.69. The molecule has 178 valence electrons. The first-order valence-electron chi connectivity index (χ1n) is 19.9. The third-order valence-corrected chi connectivity index (χ3v) is 4.52. The molecule has 0 aromatic heterocycles. The van der Waals surface area contributed by atoms with Gasteiger partial charge in [0, 0.05) is 50.8 Å². The molecule has 2 aromatic rings. The van der Waals surface area contributed by atoms with E-state index in [4.69, 9.17) is 33.5 Å². The SMILES string of the molecule is [2H]c1c([2H])c(OC([2H])([2H])c2c([2H])c([2H])c(C([2H])([2H])N3C([2H])([2H])C([2H])([2H])OC([2H])([2H])C3([2H])[2H])c([2H])c2F)c2c(c1[2H])C(=O)N([C@]1([2H])CCC(=O)NC1=O)C2([2H])[2H]. The van der Waals surface area contributed by atoms with E-state index in [9.17, 15) is 14.4 Å². The normalized spacial score (nSPS) is 40.3. The molecule has 0 saturated carbocycles. The van der Waals surface area contributed by atoms with Crippen LogP contribution in [0.5, 0.6) is 5.75 Å². The van der Waals surface area contributed by atoms with E-state index in [-0.39, 0.29) is 4.90 Å². The molecular formula is C25H26FN3O5. The van der Waals surface area contributed by atoms with Crippen molar-refractivity contribution in [1.82, 2.24) is 15.1 Å². The number of hydrogen-bond acceptors (Lipinski definition) is 6. The maximum absolute atomic E-state index is 16.2. The minimum absolute atomic E-state index is 0.0311. The highest BCUT2D eigenvalue weighted by atomic mass is 19.1. The molecule has 2 fully saturated rings. The van der Waals surface area contributed by atoms with Gasteiger partial charge in [-0.15, -0.1) is 0 Å². The van der Waals surface area contributed by atoms with Crippen LogP contribution in [0.1, 0.15) is 68.7 Å². The van der Waals surface area contributed by atoms with Gasteiger partial charge in [-0.3, -0.25) is 24.6 Å². The van der Waals surface area contributed by atoms with Crippen molar-refractivity contribution in [2.24, 2.45) is 0 Å². The van der Waals surface area contributed by atoms with Crippen molar-refractivity contribution < 1.29 is 57.0 Å². The fourth-order valence-corrected chi connectivity index (χ4v) is 2.99. The van der Waals surface area contributed by atoms with Crippen LogP contribution in [0, 0.1) is 5.82 Å². The van der Waals surface area contributed by atoms with E-state index >= 15 is 4.39 Å². The highest BCUT2D eigenvalue weighted by molar-refractivity contribution is 6.05. The van der Waals surface area contributed by atoms with Gasteiger partial charge in [-0.2, -0.15) is 0 Å². The first-order chi connectivity index (χ1) is 24.6. The molecule has 0 unspecified atom stereocenters. The van der Waals surface area contributed by atoms with Gasteiger partial charge in [-0.1, -0.05) is 18.1 Å². The van der Waals surface area contributed by atoms with E-state index in [1.165, 1.54) is 0 Å². The average Bonchev–Trinajstić information content (AvgIpc) is 3.22. The lowest BCUT2D eigenvalue weighted by atomic mass is 10.0. The predicted octanol–water partition coefficient (Wildman–Crippen LogP) is 2.00. The summed E-state index contributed by atoms with van der Waals surface area (Å²) in [6, 6.07) is -11.9. The van der Waals surface area contributed by atoms with E-state index in [1.54, 1.807) is 5.32 Å². The molecule has 3 aliphatic heterocycles. The van der Waals surface area contributed by atoms with Crippen LogP contribution < -0.4 is 10.1 Å². The number of rotatable bonds is 6. The van der Waals surface area contributed by atoms with Gasteiger partial charge in [0.2, 0.25) is 11.8 Å². The van der Waals surface area contributed by atoms with Crippen molar-refractivity contribution in [3.05, 3.63) is 64.3 Å². The van der Waals surface area contributed by atoms with Gasteiger partial charge < -0.3 is 14.4 Å². The van der Waals surface area contributed by atoms with Crippen LogP contribution in [0.2, 0.25) is 0 Å². The minimum Gasteiger partial charge on any atom is -0.488 e. The molecular weight excluding hydrogens is 441 g/mol. The smallest absolute Gasteiger partial charge is 0.255 e. The van der Waals surface area contributed by atoms with Crippen LogP contribution in [0.4, 0.5) is 4.39 Å². The zero-order valence-electron chi connectivity index (χ0n) is 37.7. The van der Waals surface area contributed by atoms with E-state index in [0.29, 0.717) is 0 Å². The van der Waals surface area contributed by atoms with E-state index in [0.717, 1.165) is 0 Å². The second-order valence-electron chi connectivity index (χ2n) is 6.65. The van der Waals surface area contributed by atoms with Gasteiger partial charge in [0.25, 0.3) is 5.91 Å². The maximum atomic E-state index is 16.2. The number of carbonyl (C=O) groups is 3.